The van der Waals surface area contributed by atoms with Gasteiger partial charge in [0.1, 0.15) is 5.78 Å². The van der Waals surface area contributed by atoms with Crippen LogP contribution in [0.5, 0.6) is 0 Å². The second kappa shape index (κ2) is 6.41. The highest BCUT2D eigenvalue weighted by atomic mass is 35.5. The van der Waals surface area contributed by atoms with Gasteiger partial charge < -0.3 is 0 Å². The fraction of sp³-hybridized carbons (Fsp3) is 0.538. The molecule has 1 aromatic rings. The maximum absolute atomic E-state index is 12.0. The van der Waals surface area contributed by atoms with Gasteiger partial charge in [-0.3, -0.25) is 4.79 Å². The van der Waals surface area contributed by atoms with Crippen LogP contribution in [-0.2, 0) is 4.79 Å². The summed E-state index contributed by atoms with van der Waals surface area (Å²) in [5.41, 5.74) is 0. The van der Waals surface area contributed by atoms with Gasteiger partial charge in [-0.1, -0.05) is 42.6 Å². The second-order valence-electron chi connectivity index (χ2n) is 4.40. The summed E-state index contributed by atoms with van der Waals surface area (Å²) in [5, 5.41) is 1.51. The summed E-state index contributed by atoms with van der Waals surface area (Å²) in [6.45, 7) is 0. The van der Waals surface area contributed by atoms with Crippen molar-refractivity contribution in [2.45, 2.75) is 37.1 Å². The molecule has 0 spiro atoms. The number of ketones is 1. The van der Waals surface area contributed by atoms with Crippen LogP contribution in [0.2, 0.25) is 5.02 Å². The van der Waals surface area contributed by atoms with Gasteiger partial charge in [-0.2, -0.15) is 0 Å². The molecule has 0 aromatic carbocycles. The Morgan fingerprint density at radius 1 is 1.35 bits per heavy atom. The maximum atomic E-state index is 12.0. The Kier molecular flexibility index (Phi) is 4.86. The topological polar surface area (TPSA) is 30.0 Å². The lowest BCUT2D eigenvalue weighted by atomic mass is 9.87. The van der Waals surface area contributed by atoms with Crippen molar-refractivity contribution in [3.8, 4) is 0 Å². The molecule has 2 rings (SSSR count). The predicted molar refractivity (Wildman–Crippen MR) is 71.6 cm³/mol. The number of halogens is 1. The quantitative estimate of drug-likeness (QED) is 0.775. The van der Waals surface area contributed by atoms with Crippen LogP contribution in [0.15, 0.2) is 23.4 Å². The van der Waals surface area contributed by atoms with E-state index in [-0.39, 0.29) is 0 Å². The Morgan fingerprint density at radius 3 is 2.76 bits per heavy atom. The number of carbonyl (C=O) groups excluding carboxylic acids is 1. The molecule has 0 N–H and O–H groups in total. The molecule has 0 amide bonds. The number of hydrogen-bond donors (Lipinski definition) is 0. The SMILES string of the molecule is O=C(CSc1ccc(Cl)cn1)C1CCCCC1. The van der Waals surface area contributed by atoms with Gasteiger partial charge in [-0.25, -0.2) is 4.98 Å². The van der Waals surface area contributed by atoms with Crippen LogP contribution in [0.25, 0.3) is 0 Å². The highest BCUT2D eigenvalue weighted by Crippen LogP contribution is 2.26. The van der Waals surface area contributed by atoms with Crippen molar-refractivity contribution in [1.82, 2.24) is 4.98 Å². The molecule has 0 unspecified atom stereocenters. The van der Waals surface area contributed by atoms with Gasteiger partial charge >= 0.3 is 0 Å². The lowest BCUT2D eigenvalue weighted by Crippen LogP contribution is -2.19. The van der Waals surface area contributed by atoms with E-state index in [1.165, 1.54) is 31.0 Å². The Balaban J connectivity index is 1.81. The molecule has 0 atom stereocenters. The minimum absolute atomic E-state index is 0.295. The molecule has 92 valence electrons. The van der Waals surface area contributed by atoms with Crippen LogP contribution in [0.1, 0.15) is 32.1 Å². The van der Waals surface area contributed by atoms with Crippen molar-refractivity contribution in [3.63, 3.8) is 0 Å². The molecule has 0 bridgehead atoms. The van der Waals surface area contributed by atoms with Crippen molar-refractivity contribution >= 4 is 29.1 Å². The first-order valence-corrected chi connectivity index (χ1v) is 7.39. The lowest BCUT2D eigenvalue weighted by Gasteiger charge is -2.19. The van der Waals surface area contributed by atoms with Crippen molar-refractivity contribution in [3.05, 3.63) is 23.4 Å². The van der Waals surface area contributed by atoms with Crippen LogP contribution < -0.4 is 0 Å². The fourth-order valence-electron chi connectivity index (χ4n) is 2.14. The average Bonchev–Trinajstić information content (AvgIpc) is 2.39. The largest absolute Gasteiger partial charge is 0.298 e. The number of Topliss-reactive ketones (excluding diaryl/α,β-unsaturated/α-hetero) is 1. The summed E-state index contributed by atoms with van der Waals surface area (Å²) in [5.74, 6) is 1.22. The molecule has 1 saturated carbocycles. The predicted octanol–water partition coefficient (Wildman–Crippen LogP) is 3.98. The van der Waals surface area contributed by atoms with Crippen LogP contribution in [0.3, 0.4) is 0 Å². The number of nitrogens with zero attached hydrogens (tertiary/aromatic N) is 1. The van der Waals surface area contributed by atoms with E-state index in [4.69, 9.17) is 11.6 Å². The number of pyridine rings is 1. The Bertz CT molecular complexity index is 374. The summed E-state index contributed by atoms with van der Waals surface area (Å²) >= 11 is 7.27. The first-order valence-electron chi connectivity index (χ1n) is 6.03. The van der Waals surface area contributed by atoms with Crippen LogP contribution in [-0.4, -0.2) is 16.5 Å². The second-order valence-corrected chi connectivity index (χ2v) is 5.84. The van der Waals surface area contributed by atoms with Gasteiger partial charge in [-0.15, -0.1) is 0 Å². The zero-order chi connectivity index (χ0) is 12.1. The molecule has 1 aliphatic carbocycles. The third-order valence-corrected chi connectivity index (χ3v) is 4.31. The van der Waals surface area contributed by atoms with Gasteiger partial charge in [0, 0.05) is 12.1 Å². The average molecular weight is 270 g/mol. The first kappa shape index (κ1) is 12.9. The van der Waals surface area contributed by atoms with E-state index in [1.54, 1.807) is 6.20 Å². The Hall–Kier alpha value is -0.540. The summed E-state index contributed by atoms with van der Waals surface area (Å²) in [4.78, 5) is 16.1. The molecule has 2 nitrogen and oxygen atoms in total. The molecule has 17 heavy (non-hydrogen) atoms. The van der Waals surface area contributed by atoms with Crippen LogP contribution >= 0.6 is 23.4 Å². The Labute approximate surface area is 111 Å². The summed E-state index contributed by atoms with van der Waals surface area (Å²) in [7, 11) is 0. The van der Waals surface area contributed by atoms with Gasteiger partial charge in [-0.05, 0) is 25.0 Å². The number of hydrogen-bond acceptors (Lipinski definition) is 3. The zero-order valence-electron chi connectivity index (χ0n) is 9.69. The molecule has 1 aliphatic rings. The maximum Gasteiger partial charge on any atom is 0.146 e. The summed E-state index contributed by atoms with van der Waals surface area (Å²) < 4.78 is 0. The number of thioether (sulfide) groups is 1. The highest BCUT2D eigenvalue weighted by molar-refractivity contribution is 7.99. The third kappa shape index (κ3) is 4.00. The van der Waals surface area contributed by atoms with Gasteiger partial charge in [0.2, 0.25) is 0 Å². The third-order valence-electron chi connectivity index (χ3n) is 3.12. The van der Waals surface area contributed by atoms with Gasteiger partial charge in [0.15, 0.2) is 0 Å². The van der Waals surface area contributed by atoms with E-state index in [9.17, 15) is 4.79 Å². The zero-order valence-corrected chi connectivity index (χ0v) is 11.3. The number of rotatable bonds is 4. The minimum Gasteiger partial charge on any atom is -0.298 e. The van der Waals surface area contributed by atoms with Gasteiger partial charge in [0.05, 0.1) is 15.8 Å². The number of aromatic nitrogens is 1. The molecule has 4 heteroatoms. The van der Waals surface area contributed by atoms with Crippen molar-refractivity contribution in [1.29, 1.82) is 0 Å². The smallest absolute Gasteiger partial charge is 0.146 e. The summed E-state index contributed by atoms with van der Waals surface area (Å²) in [6, 6.07) is 3.67. The molecule has 1 heterocycles. The van der Waals surface area contributed by atoms with Gasteiger partial charge in [0.25, 0.3) is 0 Å². The molecule has 1 fully saturated rings. The lowest BCUT2D eigenvalue weighted by molar-refractivity contribution is -0.121. The molecule has 0 saturated heterocycles. The van der Waals surface area contributed by atoms with Crippen molar-refractivity contribution in [2.75, 3.05) is 5.75 Å². The Morgan fingerprint density at radius 2 is 2.12 bits per heavy atom. The van der Waals surface area contributed by atoms with Crippen LogP contribution in [0, 0.1) is 5.92 Å². The van der Waals surface area contributed by atoms with Crippen molar-refractivity contribution < 1.29 is 4.79 Å². The van der Waals surface area contributed by atoms with E-state index >= 15 is 0 Å². The fourth-order valence-corrected chi connectivity index (χ4v) is 3.06. The minimum atomic E-state index is 0.295. The monoisotopic (exact) mass is 269 g/mol. The molecule has 1 aromatic heterocycles. The van der Waals surface area contributed by atoms with Crippen molar-refractivity contribution in [2.24, 2.45) is 5.92 Å². The molecular weight excluding hydrogens is 254 g/mol. The summed E-state index contributed by atoms with van der Waals surface area (Å²) in [6.07, 6.45) is 7.48. The first-order chi connectivity index (χ1) is 8.25. The molecule has 0 radical (unpaired) electrons. The van der Waals surface area contributed by atoms with E-state index in [2.05, 4.69) is 4.98 Å². The van der Waals surface area contributed by atoms with E-state index in [0.717, 1.165) is 17.9 Å². The van der Waals surface area contributed by atoms with Crippen LogP contribution in [0.4, 0.5) is 0 Å². The molecule has 0 aliphatic heterocycles. The van der Waals surface area contributed by atoms with E-state index < -0.39 is 0 Å². The normalized spacial score (nSPS) is 17.0. The van der Waals surface area contributed by atoms with E-state index in [1.807, 2.05) is 12.1 Å². The number of carbonyl (C=O) groups is 1. The highest BCUT2D eigenvalue weighted by Gasteiger charge is 2.20. The van der Waals surface area contributed by atoms with E-state index in [0.29, 0.717) is 22.5 Å². The molecular formula is C13H16ClNOS. The standard InChI is InChI=1S/C13H16ClNOS/c14-11-6-7-13(15-8-11)17-9-12(16)10-4-2-1-3-5-10/h6-8,10H,1-5,9H2.